The molecule has 142 valence electrons. The zero-order valence-corrected chi connectivity index (χ0v) is 16.8. The summed E-state index contributed by atoms with van der Waals surface area (Å²) in [7, 11) is -3.16. The van der Waals surface area contributed by atoms with Crippen molar-refractivity contribution in [3.05, 3.63) is 29.8 Å². The Labute approximate surface area is 159 Å². The molecule has 0 spiro atoms. The Morgan fingerprint density at radius 2 is 1.96 bits per heavy atom. The van der Waals surface area contributed by atoms with E-state index in [1.54, 1.807) is 31.4 Å². The molecule has 0 radical (unpaired) electrons. The number of hydrogen-bond donors (Lipinski definition) is 2. The van der Waals surface area contributed by atoms with E-state index in [9.17, 15) is 8.42 Å². The molecule has 2 aromatic heterocycles. The highest BCUT2D eigenvalue weighted by atomic mass is 32.2. The molecule has 0 amide bonds. The number of sulfonamides is 1. The molecule has 2 N–H and O–H groups in total. The van der Waals surface area contributed by atoms with Crippen molar-refractivity contribution in [2.45, 2.75) is 50.8 Å². The van der Waals surface area contributed by atoms with Gasteiger partial charge in [-0.2, -0.15) is 0 Å². The molecule has 2 heterocycles. The molecule has 1 saturated carbocycles. The number of rotatable bonds is 7. The molecular formula is C18H26N4O2S2. The van der Waals surface area contributed by atoms with E-state index in [0.717, 1.165) is 42.2 Å². The van der Waals surface area contributed by atoms with Crippen LogP contribution in [-0.4, -0.2) is 36.2 Å². The molecule has 1 aliphatic carbocycles. The fourth-order valence-electron chi connectivity index (χ4n) is 3.06. The number of pyridine rings is 1. The van der Waals surface area contributed by atoms with E-state index in [-0.39, 0.29) is 5.25 Å². The first-order chi connectivity index (χ1) is 12.4. The van der Waals surface area contributed by atoms with Gasteiger partial charge in [-0.3, -0.25) is 4.98 Å². The van der Waals surface area contributed by atoms with Crippen LogP contribution in [0.25, 0.3) is 11.4 Å². The molecule has 0 atom stereocenters. The van der Waals surface area contributed by atoms with E-state index in [4.69, 9.17) is 0 Å². The molecular weight excluding hydrogens is 368 g/mol. The van der Waals surface area contributed by atoms with Crippen molar-refractivity contribution in [1.82, 2.24) is 14.7 Å². The van der Waals surface area contributed by atoms with Gasteiger partial charge in [-0.05, 0) is 57.6 Å². The van der Waals surface area contributed by atoms with E-state index in [0.29, 0.717) is 18.5 Å². The lowest BCUT2D eigenvalue weighted by atomic mass is 9.86. The molecule has 1 aliphatic rings. The third kappa shape index (κ3) is 5.02. The van der Waals surface area contributed by atoms with Crippen molar-refractivity contribution in [1.29, 1.82) is 0 Å². The topological polar surface area (TPSA) is 84.0 Å². The Kier molecular flexibility index (Phi) is 6.26. The SMILES string of the molecule is CC(C)S(=O)(=O)NCC1CCC(Nc2nc(-c3ccccn3)cs2)CC1. The first-order valence-corrected chi connectivity index (χ1v) is 11.5. The Hall–Kier alpha value is -1.51. The first kappa shape index (κ1) is 19.3. The lowest BCUT2D eigenvalue weighted by Crippen LogP contribution is -2.37. The second-order valence-electron chi connectivity index (χ2n) is 7.06. The molecule has 0 aliphatic heterocycles. The van der Waals surface area contributed by atoms with Crippen LogP contribution in [0.5, 0.6) is 0 Å². The number of nitrogens with one attached hydrogen (secondary N) is 2. The number of thiazole rings is 1. The van der Waals surface area contributed by atoms with Crippen LogP contribution < -0.4 is 10.0 Å². The molecule has 26 heavy (non-hydrogen) atoms. The van der Waals surface area contributed by atoms with E-state index < -0.39 is 10.0 Å². The molecule has 0 bridgehead atoms. The molecule has 0 saturated heterocycles. The molecule has 2 aromatic rings. The van der Waals surface area contributed by atoms with Gasteiger partial charge in [0.2, 0.25) is 10.0 Å². The fraction of sp³-hybridized carbons (Fsp3) is 0.556. The lowest BCUT2D eigenvalue weighted by molar-refractivity contribution is 0.337. The largest absolute Gasteiger partial charge is 0.359 e. The number of hydrogen-bond acceptors (Lipinski definition) is 6. The van der Waals surface area contributed by atoms with E-state index in [1.807, 2.05) is 23.6 Å². The van der Waals surface area contributed by atoms with Crippen molar-refractivity contribution >= 4 is 26.5 Å². The highest BCUT2D eigenvalue weighted by Crippen LogP contribution is 2.29. The predicted molar refractivity (Wildman–Crippen MR) is 107 cm³/mol. The lowest BCUT2D eigenvalue weighted by Gasteiger charge is -2.29. The minimum Gasteiger partial charge on any atom is -0.359 e. The average Bonchev–Trinajstić information content (AvgIpc) is 3.10. The van der Waals surface area contributed by atoms with Crippen LogP contribution in [0.2, 0.25) is 0 Å². The normalized spacial score (nSPS) is 21.0. The highest BCUT2D eigenvalue weighted by molar-refractivity contribution is 7.90. The highest BCUT2D eigenvalue weighted by Gasteiger charge is 2.24. The van der Waals surface area contributed by atoms with Crippen LogP contribution in [0.15, 0.2) is 29.8 Å². The second kappa shape index (κ2) is 8.45. The van der Waals surface area contributed by atoms with Gasteiger partial charge in [-0.15, -0.1) is 11.3 Å². The Morgan fingerprint density at radius 1 is 1.19 bits per heavy atom. The van der Waals surface area contributed by atoms with Gasteiger partial charge < -0.3 is 5.32 Å². The van der Waals surface area contributed by atoms with Crippen LogP contribution in [-0.2, 0) is 10.0 Å². The number of aromatic nitrogens is 2. The van der Waals surface area contributed by atoms with Gasteiger partial charge in [-0.25, -0.2) is 18.1 Å². The maximum atomic E-state index is 11.9. The van der Waals surface area contributed by atoms with Gasteiger partial charge in [0, 0.05) is 24.2 Å². The van der Waals surface area contributed by atoms with Crippen LogP contribution in [0.3, 0.4) is 0 Å². The Bertz CT molecular complexity index is 798. The van der Waals surface area contributed by atoms with Gasteiger partial charge in [0.25, 0.3) is 0 Å². The Balaban J connectivity index is 1.47. The van der Waals surface area contributed by atoms with Crippen molar-refractivity contribution in [2.24, 2.45) is 5.92 Å². The standard InChI is InChI=1S/C18H26N4O2S2/c1-13(2)26(23,24)20-11-14-6-8-15(9-7-14)21-18-22-17(12-25-18)16-5-3-4-10-19-16/h3-5,10,12-15,20H,6-9,11H2,1-2H3,(H,21,22). The molecule has 8 heteroatoms. The minimum absolute atomic E-state index is 0.376. The molecule has 1 fully saturated rings. The second-order valence-corrected chi connectivity index (χ2v) is 10.2. The van der Waals surface area contributed by atoms with Gasteiger partial charge in [0.05, 0.1) is 10.9 Å². The van der Waals surface area contributed by atoms with Gasteiger partial charge in [-0.1, -0.05) is 6.07 Å². The number of nitrogens with zero attached hydrogens (tertiary/aromatic N) is 2. The maximum absolute atomic E-state index is 11.9. The van der Waals surface area contributed by atoms with E-state index >= 15 is 0 Å². The summed E-state index contributed by atoms with van der Waals surface area (Å²) in [6.07, 6.45) is 5.89. The van der Waals surface area contributed by atoms with Crippen LogP contribution in [0, 0.1) is 5.92 Å². The summed E-state index contributed by atoms with van der Waals surface area (Å²) in [6.45, 7) is 3.96. The van der Waals surface area contributed by atoms with Crippen molar-refractivity contribution < 1.29 is 8.42 Å². The molecule has 0 aromatic carbocycles. The fourth-order valence-corrected chi connectivity index (χ4v) is 4.64. The number of anilines is 1. The van der Waals surface area contributed by atoms with Gasteiger partial charge in [0.1, 0.15) is 5.69 Å². The van der Waals surface area contributed by atoms with Gasteiger partial charge >= 0.3 is 0 Å². The summed E-state index contributed by atoms with van der Waals surface area (Å²) in [5.41, 5.74) is 1.79. The van der Waals surface area contributed by atoms with Crippen molar-refractivity contribution in [3.8, 4) is 11.4 Å². The molecule has 6 nitrogen and oxygen atoms in total. The van der Waals surface area contributed by atoms with Crippen molar-refractivity contribution in [3.63, 3.8) is 0 Å². The monoisotopic (exact) mass is 394 g/mol. The third-order valence-corrected chi connectivity index (χ3v) is 7.38. The zero-order valence-electron chi connectivity index (χ0n) is 15.2. The third-order valence-electron chi connectivity index (χ3n) is 4.80. The van der Waals surface area contributed by atoms with E-state index in [1.165, 1.54) is 0 Å². The van der Waals surface area contributed by atoms with Crippen LogP contribution in [0.4, 0.5) is 5.13 Å². The summed E-state index contributed by atoms with van der Waals surface area (Å²) >= 11 is 1.60. The average molecular weight is 395 g/mol. The summed E-state index contributed by atoms with van der Waals surface area (Å²) < 4.78 is 26.5. The summed E-state index contributed by atoms with van der Waals surface area (Å²) in [6, 6.07) is 6.22. The zero-order chi connectivity index (χ0) is 18.6. The predicted octanol–water partition coefficient (Wildman–Crippen LogP) is 3.50. The van der Waals surface area contributed by atoms with Crippen LogP contribution >= 0.6 is 11.3 Å². The maximum Gasteiger partial charge on any atom is 0.213 e. The summed E-state index contributed by atoms with van der Waals surface area (Å²) in [5, 5.41) is 6.10. The van der Waals surface area contributed by atoms with Crippen LogP contribution in [0.1, 0.15) is 39.5 Å². The minimum atomic E-state index is -3.16. The first-order valence-electron chi connectivity index (χ1n) is 9.06. The quantitative estimate of drug-likeness (QED) is 0.751. The molecule has 3 rings (SSSR count). The van der Waals surface area contributed by atoms with Gasteiger partial charge in [0.15, 0.2) is 5.13 Å². The summed E-state index contributed by atoms with van der Waals surface area (Å²) in [4.78, 5) is 8.97. The van der Waals surface area contributed by atoms with Crippen molar-refractivity contribution in [2.75, 3.05) is 11.9 Å². The smallest absolute Gasteiger partial charge is 0.213 e. The Morgan fingerprint density at radius 3 is 2.62 bits per heavy atom. The summed E-state index contributed by atoms with van der Waals surface area (Å²) in [5.74, 6) is 0.418. The van der Waals surface area contributed by atoms with E-state index in [2.05, 4.69) is 20.0 Å². The molecule has 0 unspecified atom stereocenters.